The van der Waals surface area contributed by atoms with Crippen molar-refractivity contribution < 1.29 is 4.79 Å². The Labute approximate surface area is 135 Å². The molecule has 0 saturated heterocycles. The van der Waals surface area contributed by atoms with Crippen LogP contribution >= 0.6 is 23.4 Å². The van der Waals surface area contributed by atoms with Crippen molar-refractivity contribution in [2.45, 2.75) is 31.1 Å². The number of halogens is 1. The zero-order chi connectivity index (χ0) is 15.2. The van der Waals surface area contributed by atoms with Crippen LogP contribution in [0.4, 0.5) is 0 Å². The summed E-state index contributed by atoms with van der Waals surface area (Å²) in [6.07, 6.45) is 0.492. The Hall–Kier alpha value is -1.25. The van der Waals surface area contributed by atoms with Crippen LogP contribution in [0.5, 0.6) is 0 Å². The summed E-state index contributed by atoms with van der Waals surface area (Å²) in [4.78, 5) is 13.1. The van der Waals surface area contributed by atoms with Gasteiger partial charge in [0.2, 0.25) is 0 Å². The van der Waals surface area contributed by atoms with E-state index in [1.54, 1.807) is 0 Å². The van der Waals surface area contributed by atoms with E-state index in [1.165, 1.54) is 17.3 Å². The fraction of sp³-hybridized carbons (Fsp3) is 0.278. The number of carbonyl (C=O) groups excluding carboxylic acids is 1. The second kappa shape index (κ2) is 7.67. The minimum atomic E-state index is 0.234. The number of hydrogen-bond acceptors (Lipinski definition) is 2. The average molecular weight is 319 g/mol. The molecule has 110 valence electrons. The molecule has 21 heavy (non-hydrogen) atoms. The molecule has 0 radical (unpaired) electrons. The molecule has 2 aromatic carbocycles. The summed E-state index contributed by atoms with van der Waals surface area (Å²) < 4.78 is 0. The zero-order valence-electron chi connectivity index (χ0n) is 12.3. The number of thioether (sulfide) groups is 1. The van der Waals surface area contributed by atoms with Crippen molar-refractivity contribution in [3.63, 3.8) is 0 Å². The SMILES string of the molecule is CC(C)c1ccc(CC(=O)CSc2cccc(Cl)c2)cc1. The fourth-order valence-electron chi connectivity index (χ4n) is 2.02. The normalized spacial score (nSPS) is 10.9. The lowest BCUT2D eigenvalue weighted by Gasteiger charge is -2.07. The third-order valence-electron chi connectivity index (χ3n) is 3.24. The maximum Gasteiger partial charge on any atom is 0.147 e. The minimum Gasteiger partial charge on any atom is -0.298 e. The lowest BCUT2D eigenvalue weighted by molar-refractivity contribution is -0.116. The molecule has 0 amide bonds. The van der Waals surface area contributed by atoms with Crippen molar-refractivity contribution in [1.29, 1.82) is 0 Å². The van der Waals surface area contributed by atoms with Crippen LogP contribution in [0.3, 0.4) is 0 Å². The Balaban J connectivity index is 1.87. The van der Waals surface area contributed by atoms with Crippen LogP contribution in [-0.4, -0.2) is 11.5 Å². The first-order chi connectivity index (χ1) is 10.0. The standard InChI is InChI=1S/C18H19ClOS/c1-13(2)15-8-6-14(7-9-15)10-17(20)12-21-18-5-3-4-16(19)11-18/h3-9,11,13H,10,12H2,1-2H3. The Morgan fingerprint density at radius 1 is 1.14 bits per heavy atom. The summed E-state index contributed by atoms with van der Waals surface area (Å²) in [6, 6.07) is 15.9. The third-order valence-corrected chi connectivity index (χ3v) is 4.53. The number of carbonyl (C=O) groups is 1. The van der Waals surface area contributed by atoms with Gasteiger partial charge in [-0.25, -0.2) is 0 Å². The summed E-state index contributed by atoms with van der Waals surface area (Å²) in [7, 11) is 0. The third kappa shape index (κ3) is 5.22. The van der Waals surface area contributed by atoms with Crippen molar-refractivity contribution in [2.75, 3.05) is 5.75 Å². The number of ketones is 1. The largest absolute Gasteiger partial charge is 0.298 e. The van der Waals surface area contributed by atoms with E-state index in [1.807, 2.05) is 24.3 Å². The van der Waals surface area contributed by atoms with Crippen molar-refractivity contribution in [3.05, 3.63) is 64.7 Å². The van der Waals surface area contributed by atoms with Gasteiger partial charge in [0, 0.05) is 16.3 Å². The summed E-state index contributed by atoms with van der Waals surface area (Å²) in [5.74, 6) is 1.23. The summed E-state index contributed by atoms with van der Waals surface area (Å²) in [5, 5.41) is 0.705. The lowest BCUT2D eigenvalue weighted by Crippen LogP contribution is -2.05. The van der Waals surface area contributed by atoms with Crippen molar-refractivity contribution >= 4 is 29.1 Å². The number of hydrogen-bond donors (Lipinski definition) is 0. The topological polar surface area (TPSA) is 17.1 Å². The van der Waals surface area contributed by atoms with E-state index in [4.69, 9.17) is 11.6 Å². The fourth-order valence-corrected chi connectivity index (χ4v) is 3.09. The number of rotatable bonds is 6. The van der Waals surface area contributed by atoms with E-state index < -0.39 is 0 Å². The van der Waals surface area contributed by atoms with Crippen molar-refractivity contribution in [1.82, 2.24) is 0 Å². The Morgan fingerprint density at radius 2 is 1.86 bits per heavy atom. The molecule has 0 heterocycles. The van der Waals surface area contributed by atoms with Crippen LogP contribution < -0.4 is 0 Å². The lowest BCUT2D eigenvalue weighted by atomic mass is 10.0. The van der Waals surface area contributed by atoms with Crippen LogP contribution in [0.2, 0.25) is 5.02 Å². The zero-order valence-corrected chi connectivity index (χ0v) is 13.9. The molecular weight excluding hydrogens is 300 g/mol. The first kappa shape index (κ1) is 16.1. The predicted octanol–water partition coefficient (Wildman–Crippen LogP) is 5.37. The molecule has 0 N–H and O–H groups in total. The van der Waals surface area contributed by atoms with Gasteiger partial charge in [-0.2, -0.15) is 0 Å². The molecule has 0 bridgehead atoms. The molecule has 0 fully saturated rings. The Morgan fingerprint density at radius 3 is 2.48 bits per heavy atom. The highest BCUT2D eigenvalue weighted by atomic mass is 35.5. The van der Waals surface area contributed by atoms with Crippen LogP contribution in [-0.2, 0) is 11.2 Å². The van der Waals surface area contributed by atoms with Gasteiger partial charge >= 0.3 is 0 Å². The maximum absolute atomic E-state index is 12.0. The van der Waals surface area contributed by atoms with E-state index in [0.29, 0.717) is 23.1 Å². The molecule has 0 unspecified atom stereocenters. The van der Waals surface area contributed by atoms with Crippen LogP contribution in [0.25, 0.3) is 0 Å². The van der Waals surface area contributed by atoms with Crippen LogP contribution in [0.1, 0.15) is 30.9 Å². The van der Waals surface area contributed by atoms with Gasteiger partial charge < -0.3 is 0 Å². The predicted molar refractivity (Wildman–Crippen MR) is 91.4 cm³/mol. The van der Waals surface area contributed by atoms with Gasteiger partial charge in [0.25, 0.3) is 0 Å². The van der Waals surface area contributed by atoms with E-state index in [2.05, 4.69) is 38.1 Å². The van der Waals surface area contributed by atoms with Crippen molar-refractivity contribution in [3.8, 4) is 0 Å². The molecule has 2 aromatic rings. The van der Waals surface area contributed by atoms with Crippen LogP contribution in [0, 0.1) is 0 Å². The molecular formula is C18H19ClOS. The summed E-state index contributed by atoms with van der Waals surface area (Å²) in [6.45, 7) is 4.34. The Bertz CT molecular complexity index is 605. The van der Waals surface area contributed by atoms with Crippen LogP contribution in [0.15, 0.2) is 53.4 Å². The molecule has 1 nitrogen and oxygen atoms in total. The molecule has 0 atom stereocenters. The van der Waals surface area contributed by atoms with Crippen molar-refractivity contribution in [2.24, 2.45) is 0 Å². The second-order valence-electron chi connectivity index (χ2n) is 5.36. The molecule has 3 heteroatoms. The van der Waals surface area contributed by atoms with Gasteiger partial charge in [-0.05, 0) is 35.2 Å². The maximum atomic E-state index is 12.0. The smallest absolute Gasteiger partial charge is 0.147 e. The number of benzene rings is 2. The number of Topliss-reactive ketones (excluding diaryl/α,β-unsaturated/α-hetero) is 1. The molecule has 2 rings (SSSR count). The first-order valence-corrected chi connectivity index (χ1v) is 8.40. The van der Waals surface area contributed by atoms with Gasteiger partial charge in [-0.15, -0.1) is 11.8 Å². The first-order valence-electron chi connectivity index (χ1n) is 7.03. The molecule has 0 aromatic heterocycles. The molecule has 0 aliphatic heterocycles. The molecule has 0 saturated carbocycles. The Kier molecular flexibility index (Phi) is 5.89. The highest BCUT2D eigenvalue weighted by Crippen LogP contribution is 2.22. The van der Waals surface area contributed by atoms with Gasteiger partial charge in [0.1, 0.15) is 5.78 Å². The second-order valence-corrected chi connectivity index (χ2v) is 6.84. The van der Waals surface area contributed by atoms with Gasteiger partial charge in [-0.3, -0.25) is 4.79 Å². The highest BCUT2D eigenvalue weighted by molar-refractivity contribution is 8.00. The summed E-state index contributed by atoms with van der Waals surface area (Å²) in [5.41, 5.74) is 2.38. The molecule has 0 spiro atoms. The quantitative estimate of drug-likeness (QED) is 0.666. The minimum absolute atomic E-state index is 0.234. The summed E-state index contributed by atoms with van der Waals surface area (Å²) >= 11 is 7.47. The van der Waals surface area contributed by atoms with Gasteiger partial charge in [-0.1, -0.05) is 55.8 Å². The average Bonchev–Trinajstić information content (AvgIpc) is 2.46. The van der Waals surface area contributed by atoms with E-state index in [0.717, 1.165) is 10.5 Å². The molecule has 0 aliphatic carbocycles. The molecule has 0 aliphatic rings. The van der Waals surface area contributed by atoms with Gasteiger partial charge in [0.15, 0.2) is 0 Å². The monoisotopic (exact) mass is 318 g/mol. The van der Waals surface area contributed by atoms with Gasteiger partial charge in [0.05, 0.1) is 5.75 Å². The van der Waals surface area contributed by atoms with E-state index in [-0.39, 0.29) is 5.78 Å². The van der Waals surface area contributed by atoms with E-state index >= 15 is 0 Å². The van der Waals surface area contributed by atoms with E-state index in [9.17, 15) is 4.79 Å². The highest BCUT2D eigenvalue weighted by Gasteiger charge is 2.06.